The summed E-state index contributed by atoms with van der Waals surface area (Å²) in [6.45, 7) is 8.17. The number of carboxylic acid groups (broad SMARTS) is 5. The van der Waals surface area contributed by atoms with Crippen LogP contribution < -0.4 is 43.0 Å². The smallest absolute Gasteiger partial charge is 0.303 e. The van der Waals surface area contributed by atoms with E-state index in [0.717, 1.165) is 0 Å². The van der Waals surface area contributed by atoms with Gasteiger partial charge in [-0.1, -0.05) is 45.0 Å². The van der Waals surface area contributed by atoms with E-state index in [1.807, 2.05) is 20.8 Å². The summed E-state index contributed by atoms with van der Waals surface area (Å²) in [6, 6.07) is -4.21. The SMILES string of the molecule is CC(=O)c1ccc(C[C@H](NC(=O)[C@@H](CCC(=O)O)NC(=O)[C@@H](CCC(=O)O)NC(=O)[C@@H](CCC(=O)O)NC(=O)[C@@H](CCC(=O)O)NC(=O)[C@H](N)CCC(=O)O)C(=O)NCCOCCOCC(=O)NCCOCC(C)(C)C)cc1. The predicted molar refractivity (Wildman–Crippen MR) is 270 cm³/mol. The molecule has 0 spiro atoms. The van der Waals surface area contributed by atoms with Gasteiger partial charge in [0.25, 0.3) is 0 Å². The fourth-order valence-corrected chi connectivity index (χ4v) is 6.69. The Morgan fingerprint density at radius 2 is 0.846 bits per heavy atom. The predicted octanol–water partition coefficient (Wildman–Crippen LogP) is -2.16. The van der Waals surface area contributed by atoms with Crippen LogP contribution in [0.5, 0.6) is 0 Å². The summed E-state index contributed by atoms with van der Waals surface area (Å²) in [5.74, 6) is -14.5. The summed E-state index contributed by atoms with van der Waals surface area (Å²) < 4.78 is 16.3. The van der Waals surface area contributed by atoms with Crippen molar-refractivity contribution in [3.63, 3.8) is 0 Å². The highest BCUT2D eigenvalue weighted by molar-refractivity contribution is 5.97. The zero-order valence-electron chi connectivity index (χ0n) is 44.1. The molecule has 0 saturated carbocycles. The molecule has 0 aliphatic carbocycles. The number of benzene rings is 1. The van der Waals surface area contributed by atoms with Crippen molar-refractivity contribution in [2.75, 3.05) is 52.7 Å². The molecule has 0 aromatic heterocycles. The van der Waals surface area contributed by atoms with E-state index in [0.29, 0.717) is 30.9 Å². The Balaban J connectivity index is 3.32. The molecule has 78 heavy (non-hydrogen) atoms. The number of hydrogen-bond donors (Lipinski definition) is 13. The molecule has 436 valence electrons. The summed E-state index contributed by atoms with van der Waals surface area (Å²) in [4.78, 5) is 163. The van der Waals surface area contributed by atoms with Crippen LogP contribution in [-0.4, -0.2) is 191 Å². The highest BCUT2D eigenvalue weighted by atomic mass is 16.5. The molecule has 6 atom stereocenters. The lowest BCUT2D eigenvalue weighted by Gasteiger charge is -2.27. The van der Waals surface area contributed by atoms with Crippen molar-refractivity contribution in [2.24, 2.45) is 11.1 Å². The summed E-state index contributed by atoms with van der Waals surface area (Å²) in [7, 11) is 0. The van der Waals surface area contributed by atoms with E-state index in [-0.39, 0.29) is 62.9 Å². The summed E-state index contributed by atoms with van der Waals surface area (Å²) in [6.07, 6.45) is -6.88. The minimum absolute atomic E-state index is 0.0210. The normalized spacial score (nSPS) is 13.4. The third kappa shape index (κ3) is 31.4. The van der Waals surface area contributed by atoms with Gasteiger partial charge in [0.2, 0.25) is 41.4 Å². The molecule has 1 rings (SSSR count). The second-order valence-corrected chi connectivity index (χ2v) is 19.0. The molecule has 14 N–H and O–H groups in total. The lowest BCUT2D eigenvalue weighted by atomic mass is 9.99. The molecule has 0 bridgehead atoms. The molecular weight excluding hydrogens is 1040 g/mol. The molecule has 29 heteroatoms. The van der Waals surface area contributed by atoms with Gasteiger partial charge >= 0.3 is 29.8 Å². The second kappa shape index (κ2) is 36.4. The third-order valence-electron chi connectivity index (χ3n) is 10.8. The van der Waals surface area contributed by atoms with E-state index in [1.54, 1.807) is 0 Å². The van der Waals surface area contributed by atoms with Gasteiger partial charge in [-0.3, -0.25) is 62.3 Å². The van der Waals surface area contributed by atoms with Crippen LogP contribution >= 0.6 is 0 Å². The zero-order chi connectivity index (χ0) is 59.0. The Hall–Kier alpha value is -7.63. The van der Waals surface area contributed by atoms with Gasteiger partial charge in [-0.05, 0) is 50.0 Å². The first-order chi connectivity index (χ1) is 36.6. The molecular formula is C49H74N8O21. The minimum Gasteiger partial charge on any atom is -0.481 e. The van der Waals surface area contributed by atoms with Crippen LogP contribution in [0.1, 0.15) is 108 Å². The van der Waals surface area contributed by atoms with E-state index in [4.69, 9.17) is 25.1 Å². The van der Waals surface area contributed by atoms with Crippen molar-refractivity contribution in [1.29, 1.82) is 0 Å². The molecule has 1 aromatic rings. The molecule has 1 aromatic carbocycles. The maximum atomic E-state index is 14.0. The molecule has 0 unspecified atom stereocenters. The quantitative estimate of drug-likeness (QED) is 0.0245. The first kappa shape index (κ1) is 68.4. The van der Waals surface area contributed by atoms with Crippen molar-refractivity contribution in [3.05, 3.63) is 35.4 Å². The number of amides is 7. The van der Waals surface area contributed by atoms with E-state index in [9.17, 15) is 82.8 Å². The first-order valence-electron chi connectivity index (χ1n) is 24.8. The molecule has 0 heterocycles. The number of ketones is 1. The van der Waals surface area contributed by atoms with Gasteiger partial charge in [-0.2, -0.15) is 0 Å². The van der Waals surface area contributed by atoms with Gasteiger partial charge in [0.15, 0.2) is 5.78 Å². The number of carboxylic acids is 5. The molecule has 0 fully saturated rings. The van der Waals surface area contributed by atoms with Crippen LogP contribution in [0.25, 0.3) is 0 Å². The number of carbonyl (C=O) groups excluding carboxylic acids is 8. The number of Topliss-reactive ketones (excluding diaryl/α,β-unsaturated/α-hetero) is 1. The van der Waals surface area contributed by atoms with Gasteiger partial charge in [-0.25, -0.2) is 0 Å². The molecule has 0 saturated heterocycles. The zero-order valence-corrected chi connectivity index (χ0v) is 44.1. The monoisotopic (exact) mass is 1110 g/mol. The highest BCUT2D eigenvalue weighted by Gasteiger charge is 2.34. The maximum Gasteiger partial charge on any atom is 0.303 e. The fraction of sp³-hybridized carbons (Fsp3) is 0.612. The molecule has 7 amide bonds. The number of nitrogens with two attached hydrogens (primary N) is 1. The van der Waals surface area contributed by atoms with Crippen molar-refractivity contribution < 1.29 is 102 Å². The summed E-state index contributed by atoms with van der Waals surface area (Å²) in [5, 5.41) is 63.3. The average Bonchev–Trinajstić information content (AvgIpc) is 3.35. The second-order valence-electron chi connectivity index (χ2n) is 19.0. The van der Waals surface area contributed by atoms with Gasteiger partial charge < -0.3 is 82.7 Å². The first-order valence-corrected chi connectivity index (χ1v) is 24.8. The lowest BCUT2D eigenvalue weighted by Crippen LogP contribution is -2.59. The lowest BCUT2D eigenvalue weighted by molar-refractivity contribution is -0.140. The van der Waals surface area contributed by atoms with Crippen LogP contribution in [0.4, 0.5) is 0 Å². The van der Waals surface area contributed by atoms with Crippen LogP contribution in [0.3, 0.4) is 0 Å². The number of ether oxygens (including phenoxy) is 3. The highest BCUT2D eigenvalue weighted by Crippen LogP contribution is 2.13. The molecule has 0 radical (unpaired) electrons. The number of aliphatic carboxylic acids is 5. The van der Waals surface area contributed by atoms with E-state index >= 15 is 0 Å². The van der Waals surface area contributed by atoms with Gasteiger partial charge in [0, 0.05) is 57.2 Å². The van der Waals surface area contributed by atoms with Crippen molar-refractivity contribution in [3.8, 4) is 0 Å². The standard InChI is InChI=1S/C49H74N8O21/c1-28(58)30-7-5-29(6-8-30)25-36(44(71)52-20-21-76-23-24-77-26-37(59)51-19-22-78-27-49(2,3)4)57-48(75)35(13-18-42(68)69)56-47(74)34(12-17-41(66)67)55-46(73)33(11-16-40(64)65)54-45(72)32(10-15-39(62)63)53-43(70)31(50)9-14-38(60)61/h5-8,31-36H,9-27,50H2,1-4H3,(H,51,59)(H,52,71)(H,53,70)(H,54,72)(H,55,73)(H,56,74)(H,57,75)(H,60,61)(H,62,63)(H,64,65)(H,66,67)(H,68,69)/t31-,32-,33-,34-,35-,36+/m1/s1. The maximum absolute atomic E-state index is 14.0. The van der Waals surface area contributed by atoms with Gasteiger partial charge in [0.05, 0.1) is 39.1 Å². The fourth-order valence-electron chi connectivity index (χ4n) is 6.69. The van der Waals surface area contributed by atoms with Crippen molar-refractivity contribution in [2.45, 2.75) is 135 Å². The summed E-state index contributed by atoms with van der Waals surface area (Å²) >= 11 is 0. The number of nitrogens with one attached hydrogen (secondary N) is 7. The Morgan fingerprint density at radius 1 is 0.474 bits per heavy atom. The van der Waals surface area contributed by atoms with E-state index in [2.05, 4.69) is 37.2 Å². The minimum atomic E-state index is -1.89. The average molecular weight is 1110 g/mol. The number of carbonyl (C=O) groups is 13. The Bertz CT molecular complexity index is 2220. The number of rotatable bonds is 41. The summed E-state index contributed by atoms with van der Waals surface area (Å²) in [5.41, 5.74) is 6.49. The molecule has 0 aliphatic heterocycles. The number of hydrogen-bond acceptors (Lipinski definition) is 17. The van der Waals surface area contributed by atoms with Crippen molar-refractivity contribution in [1.82, 2.24) is 37.2 Å². The Morgan fingerprint density at radius 3 is 1.26 bits per heavy atom. The largest absolute Gasteiger partial charge is 0.481 e. The van der Waals surface area contributed by atoms with Crippen LogP contribution in [0, 0.1) is 5.41 Å². The molecule has 29 nitrogen and oxygen atoms in total. The van der Waals surface area contributed by atoms with E-state index < -0.39 is 159 Å². The van der Waals surface area contributed by atoms with E-state index in [1.165, 1.54) is 31.2 Å². The topological polar surface area (TPSA) is 461 Å². The van der Waals surface area contributed by atoms with Crippen LogP contribution in [0.15, 0.2) is 24.3 Å². The molecule has 0 aliphatic rings. The third-order valence-corrected chi connectivity index (χ3v) is 10.8. The van der Waals surface area contributed by atoms with Crippen LogP contribution in [0.2, 0.25) is 0 Å². The van der Waals surface area contributed by atoms with Crippen molar-refractivity contribution >= 4 is 77.0 Å². The Kier molecular flexibility index (Phi) is 31.9. The van der Waals surface area contributed by atoms with Crippen LogP contribution in [-0.2, 0) is 78.2 Å². The van der Waals surface area contributed by atoms with Gasteiger partial charge in [0.1, 0.15) is 36.8 Å². The Labute approximate surface area is 449 Å². The van der Waals surface area contributed by atoms with Gasteiger partial charge in [-0.15, -0.1) is 0 Å².